The molecule has 1 aliphatic carbocycles. The quantitative estimate of drug-likeness (QED) is 0.877. The van der Waals surface area contributed by atoms with Gasteiger partial charge in [-0.15, -0.1) is 0 Å². The van der Waals surface area contributed by atoms with Crippen LogP contribution >= 0.6 is 15.9 Å². The molecule has 1 N–H and O–H groups in total. The molecule has 106 valence electrons. The van der Waals surface area contributed by atoms with Crippen LogP contribution in [-0.2, 0) is 6.42 Å². The van der Waals surface area contributed by atoms with Crippen LogP contribution in [-0.4, -0.2) is 20.2 Å². The Morgan fingerprint density at radius 1 is 1.32 bits per heavy atom. The number of nitrogens with one attached hydrogen (secondary N) is 1. The van der Waals surface area contributed by atoms with E-state index in [1.54, 1.807) is 7.11 Å². The smallest absolute Gasteiger partial charge is 0.133 e. The van der Waals surface area contributed by atoms with Gasteiger partial charge in [0.25, 0.3) is 0 Å². The van der Waals surface area contributed by atoms with E-state index >= 15 is 0 Å². The van der Waals surface area contributed by atoms with Gasteiger partial charge < -0.3 is 10.1 Å². The normalized spacial score (nSPS) is 18.3. The van der Waals surface area contributed by atoms with Gasteiger partial charge in [-0.1, -0.05) is 25.3 Å². The topological polar surface area (TPSA) is 21.3 Å². The third kappa shape index (κ3) is 3.96. The molecule has 0 amide bonds. The maximum absolute atomic E-state index is 5.29. The Balaban J connectivity index is 2.03. The van der Waals surface area contributed by atoms with Crippen LogP contribution in [0.15, 0.2) is 22.7 Å². The third-order valence-corrected chi connectivity index (χ3v) is 4.88. The zero-order chi connectivity index (χ0) is 13.7. The van der Waals surface area contributed by atoms with Gasteiger partial charge in [0.2, 0.25) is 0 Å². The molecule has 2 nitrogen and oxygen atoms in total. The zero-order valence-corrected chi connectivity index (χ0v) is 13.5. The van der Waals surface area contributed by atoms with E-state index in [4.69, 9.17) is 4.74 Å². The summed E-state index contributed by atoms with van der Waals surface area (Å²) in [7, 11) is 3.80. The third-order valence-electron chi connectivity index (χ3n) is 4.26. The van der Waals surface area contributed by atoms with Gasteiger partial charge in [0.05, 0.1) is 11.6 Å². The largest absolute Gasteiger partial charge is 0.496 e. The highest BCUT2D eigenvalue weighted by Crippen LogP contribution is 2.30. The van der Waals surface area contributed by atoms with Crippen molar-refractivity contribution < 1.29 is 4.74 Å². The first-order valence-corrected chi connectivity index (χ1v) is 8.03. The Morgan fingerprint density at radius 2 is 2.05 bits per heavy atom. The van der Waals surface area contributed by atoms with Crippen LogP contribution < -0.4 is 10.1 Å². The number of halogens is 1. The number of likely N-dealkylation sites (N-methyl/N-ethyl adjacent to an activating group) is 1. The molecule has 0 radical (unpaired) electrons. The first kappa shape index (κ1) is 14.9. The summed E-state index contributed by atoms with van der Waals surface area (Å²) < 4.78 is 6.33. The lowest BCUT2D eigenvalue weighted by atomic mass is 9.81. The highest BCUT2D eigenvalue weighted by atomic mass is 79.9. The van der Waals surface area contributed by atoms with Crippen molar-refractivity contribution in [3.05, 3.63) is 28.2 Å². The zero-order valence-electron chi connectivity index (χ0n) is 11.9. The average Bonchev–Trinajstić information content (AvgIpc) is 2.46. The van der Waals surface area contributed by atoms with Gasteiger partial charge in [-0.3, -0.25) is 0 Å². The van der Waals surface area contributed by atoms with Crippen molar-refractivity contribution in [2.45, 2.75) is 44.6 Å². The summed E-state index contributed by atoms with van der Waals surface area (Å²) in [5.41, 5.74) is 1.37. The second-order valence-corrected chi connectivity index (χ2v) is 6.32. The number of benzene rings is 1. The second kappa shape index (κ2) is 7.30. The van der Waals surface area contributed by atoms with Crippen molar-refractivity contribution >= 4 is 15.9 Å². The highest BCUT2D eigenvalue weighted by Gasteiger charge is 2.22. The van der Waals surface area contributed by atoms with Gasteiger partial charge in [-0.05, 0) is 65.9 Å². The van der Waals surface area contributed by atoms with Crippen molar-refractivity contribution in [2.24, 2.45) is 5.92 Å². The molecule has 0 saturated heterocycles. The molecule has 1 atom stereocenters. The summed E-state index contributed by atoms with van der Waals surface area (Å²) >= 11 is 3.57. The first-order valence-electron chi connectivity index (χ1n) is 7.24. The maximum atomic E-state index is 5.29. The van der Waals surface area contributed by atoms with Gasteiger partial charge >= 0.3 is 0 Å². The number of hydrogen-bond acceptors (Lipinski definition) is 2. The SMILES string of the molecule is CNC(Cc1ccc(OC)c(Br)c1)C1CCCCC1. The minimum absolute atomic E-state index is 0.598. The molecule has 1 aromatic carbocycles. The molecule has 1 saturated carbocycles. The first-order chi connectivity index (χ1) is 9.24. The fourth-order valence-corrected chi connectivity index (χ4v) is 3.72. The molecule has 1 fully saturated rings. The van der Waals surface area contributed by atoms with Gasteiger partial charge in [-0.25, -0.2) is 0 Å². The van der Waals surface area contributed by atoms with Crippen LogP contribution in [0.25, 0.3) is 0 Å². The molecule has 0 aliphatic heterocycles. The molecule has 3 heteroatoms. The molecule has 2 rings (SSSR count). The summed E-state index contributed by atoms with van der Waals surface area (Å²) in [6.07, 6.45) is 8.07. The van der Waals surface area contributed by atoms with E-state index in [9.17, 15) is 0 Å². The Kier molecular flexibility index (Phi) is 5.71. The van der Waals surface area contributed by atoms with Gasteiger partial charge in [-0.2, -0.15) is 0 Å². The summed E-state index contributed by atoms with van der Waals surface area (Å²) in [5, 5.41) is 3.52. The fourth-order valence-electron chi connectivity index (χ4n) is 3.13. The van der Waals surface area contributed by atoms with Gasteiger partial charge in [0.15, 0.2) is 0 Å². The van der Waals surface area contributed by atoms with Crippen molar-refractivity contribution in [1.29, 1.82) is 0 Å². The molecule has 1 aliphatic rings. The maximum Gasteiger partial charge on any atom is 0.133 e. The molecule has 1 unspecified atom stereocenters. The predicted octanol–water partition coefficient (Wildman–Crippen LogP) is 4.17. The molecule has 0 spiro atoms. The summed E-state index contributed by atoms with van der Waals surface area (Å²) in [6.45, 7) is 0. The standard InChI is InChI=1S/C16H24BrNO/c1-18-15(13-6-4-3-5-7-13)11-12-8-9-16(19-2)14(17)10-12/h8-10,13,15,18H,3-7,11H2,1-2H3. The average molecular weight is 326 g/mol. The molecular formula is C16H24BrNO. The lowest BCUT2D eigenvalue weighted by molar-refractivity contribution is 0.276. The monoisotopic (exact) mass is 325 g/mol. The summed E-state index contributed by atoms with van der Waals surface area (Å²) in [6, 6.07) is 7.01. The number of methoxy groups -OCH3 is 1. The van der Waals surface area contributed by atoms with E-state index in [1.807, 2.05) is 6.07 Å². The number of rotatable bonds is 5. The van der Waals surface area contributed by atoms with Crippen molar-refractivity contribution in [3.63, 3.8) is 0 Å². The summed E-state index contributed by atoms with van der Waals surface area (Å²) in [4.78, 5) is 0. The van der Waals surface area contributed by atoms with Crippen LogP contribution in [0.2, 0.25) is 0 Å². The minimum Gasteiger partial charge on any atom is -0.496 e. The van der Waals surface area contributed by atoms with Crippen LogP contribution in [0.1, 0.15) is 37.7 Å². The Hall–Kier alpha value is -0.540. The lowest BCUT2D eigenvalue weighted by Crippen LogP contribution is -2.36. The second-order valence-electron chi connectivity index (χ2n) is 5.47. The minimum atomic E-state index is 0.598. The molecule has 1 aromatic rings. The van der Waals surface area contributed by atoms with Crippen LogP contribution in [0.5, 0.6) is 5.75 Å². The number of ether oxygens (including phenoxy) is 1. The highest BCUT2D eigenvalue weighted by molar-refractivity contribution is 9.10. The fraction of sp³-hybridized carbons (Fsp3) is 0.625. The Bertz CT molecular complexity index is 402. The summed E-state index contributed by atoms with van der Waals surface area (Å²) in [5.74, 6) is 1.74. The van der Waals surface area contributed by atoms with E-state index < -0.39 is 0 Å². The van der Waals surface area contributed by atoms with E-state index in [0.717, 1.165) is 22.6 Å². The van der Waals surface area contributed by atoms with Crippen LogP contribution in [0.4, 0.5) is 0 Å². The molecular weight excluding hydrogens is 302 g/mol. The van der Waals surface area contributed by atoms with Gasteiger partial charge in [0.1, 0.15) is 5.75 Å². The molecule has 19 heavy (non-hydrogen) atoms. The van der Waals surface area contributed by atoms with Crippen molar-refractivity contribution in [2.75, 3.05) is 14.2 Å². The van der Waals surface area contributed by atoms with E-state index in [0.29, 0.717) is 6.04 Å². The Labute approximate surface area is 125 Å². The molecule has 0 aromatic heterocycles. The van der Waals surface area contributed by atoms with E-state index in [1.165, 1.54) is 37.7 Å². The van der Waals surface area contributed by atoms with Crippen molar-refractivity contribution in [1.82, 2.24) is 5.32 Å². The van der Waals surface area contributed by atoms with E-state index in [-0.39, 0.29) is 0 Å². The van der Waals surface area contributed by atoms with Crippen LogP contribution in [0.3, 0.4) is 0 Å². The Morgan fingerprint density at radius 3 is 2.63 bits per heavy atom. The molecule has 0 bridgehead atoms. The number of hydrogen-bond donors (Lipinski definition) is 1. The van der Waals surface area contributed by atoms with Crippen molar-refractivity contribution in [3.8, 4) is 5.75 Å². The predicted molar refractivity (Wildman–Crippen MR) is 83.8 cm³/mol. The van der Waals surface area contributed by atoms with Crippen LogP contribution in [0, 0.1) is 5.92 Å². The van der Waals surface area contributed by atoms with Gasteiger partial charge in [0, 0.05) is 6.04 Å². The van der Waals surface area contributed by atoms with E-state index in [2.05, 4.69) is 40.4 Å². The lowest BCUT2D eigenvalue weighted by Gasteiger charge is -2.30. The molecule has 0 heterocycles.